The van der Waals surface area contributed by atoms with Gasteiger partial charge in [0.2, 0.25) is 0 Å². The lowest BCUT2D eigenvalue weighted by atomic mass is 10.2. The second kappa shape index (κ2) is 4.48. The summed E-state index contributed by atoms with van der Waals surface area (Å²) in [6.07, 6.45) is 3.45. The van der Waals surface area contributed by atoms with Gasteiger partial charge in [0, 0.05) is 23.1 Å². The first-order chi connectivity index (χ1) is 9.56. The molecular weight excluding hydrogens is 256 g/mol. The van der Waals surface area contributed by atoms with E-state index in [2.05, 4.69) is 28.5 Å². The number of carboxylic acid groups (broad SMARTS) is 1. The van der Waals surface area contributed by atoms with Gasteiger partial charge in [0.15, 0.2) is 0 Å². The summed E-state index contributed by atoms with van der Waals surface area (Å²) >= 11 is 0. The van der Waals surface area contributed by atoms with Gasteiger partial charge in [-0.3, -0.25) is 0 Å². The highest BCUT2D eigenvalue weighted by Crippen LogP contribution is 2.22. The van der Waals surface area contributed by atoms with Gasteiger partial charge in [-0.15, -0.1) is 5.10 Å². The molecule has 3 aromatic rings. The second-order valence-corrected chi connectivity index (χ2v) is 4.88. The minimum Gasteiger partial charge on any atom is -0.475 e. The van der Waals surface area contributed by atoms with E-state index in [9.17, 15) is 4.79 Å². The van der Waals surface area contributed by atoms with Crippen molar-refractivity contribution in [3.63, 3.8) is 0 Å². The first kappa shape index (κ1) is 12.4. The van der Waals surface area contributed by atoms with Crippen LogP contribution in [-0.4, -0.2) is 30.4 Å². The molecule has 2 aromatic heterocycles. The Balaban J connectivity index is 2.06. The molecule has 1 N–H and O–H groups in total. The Morgan fingerprint density at radius 2 is 2.10 bits per heavy atom. The fourth-order valence-corrected chi connectivity index (χ4v) is 2.23. The van der Waals surface area contributed by atoms with Gasteiger partial charge in [0.25, 0.3) is 5.82 Å². The van der Waals surface area contributed by atoms with Crippen molar-refractivity contribution in [3.8, 4) is 5.69 Å². The lowest BCUT2D eigenvalue weighted by molar-refractivity contribution is 0.0683. The predicted molar refractivity (Wildman–Crippen MR) is 74.2 cm³/mol. The fraction of sp³-hybridized carbons (Fsp3) is 0.214. The van der Waals surface area contributed by atoms with E-state index in [1.54, 1.807) is 0 Å². The molecule has 2 heterocycles. The quantitative estimate of drug-likeness (QED) is 0.793. The minimum absolute atomic E-state index is 0.204. The smallest absolute Gasteiger partial charge is 0.375 e. The van der Waals surface area contributed by atoms with Gasteiger partial charge >= 0.3 is 5.97 Å². The second-order valence-electron chi connectivity index (χ2n) is 4.88. The molecular formula is C14H14N4O2. The first-order valence-corrected chi connectivity index (χ1v) is 6.32. The predicted octanol–water partition coefficient (Wildman–Crippen LogP) is 2.50. The molecule has 0 fully saturated rings. The van der Waals surface area contributed by atoms with Crippen LogP contribution in [-0.2, 0) is 0 Å². The topological polar surface area (TPSA) is 72.9 Å². The third-order valence-electron chi connectivity index (χ3n) is 3.21. The molecule has 0 aliphatic rings. The van der Waals surface area contributed by atoms with Crippen LogP contribution in [0.5, 0.6) is 0 Å². The van der Waals surface area contributed by atoms with Crippen molar-refractivity contribution < 1.29 is 9.90 Å². The van der Waals surface area contributed by atoms with Crippen molar-refractivity contribution >= 4 is 16.9 Å². The largest absolute Gasteiger partial charge is 0.475 e. The summed E-state index contributed by atoms with van der Waals surface area (Å²) in [7, 11) is 0. The summed E-state index contributed by atoms with van der Waals surface area (Å²) in [5.74, 6) is -1.33. The van der Waals surface area contributed by atoms with Gasteiger partial charge in [-0.05, 0) is 38.1 Å². The number of hydrogen-bond donors (Lipinski definition) is 1. The van der Waals surface area contributed by atoms with Crippen molar-refractivity contribution in [2.45, 2.75) is 19.9 Å². The number of carbonyl (C=O) groups is 1. The van der Waals surface area contributed by atoms with E-state index in [4.69, 9.17) is 5.11 Å². The molecule has 0 aliphatic carbocycles. The zero-order valence-electron chi connectivity index (χ0n) is 11.2. The summed E-state index contributed by atoms with van der Waals surface area (Å²) < 4.78 is 3.65. The number of fused-ring (bicyclic) bond motifs is 1. The molecule has 0 saturated carbocycles. The van der Waals surface area contributed by atoms with Crippen LogP contribution in [0.3, 0.4) is 0 Å². The molecule has 102 valence electrons. The van der Waals surface area contributed by atoms with Crippen LogP contribution < -0.4 is 0 Å². The highest BCUT2D eigenvalue weighted by atomic mass is 16.4. The van der Waals surface area contributed by atoms with E-state index in [1.807, 2.05) is 30.5 Å². The van der Waals surface area contributed by atoms with Crippen molar-refractivity contribution in [2.75, 3.05) is 0 Å². The standard InChI is InChI=1S/C14H14N4O2/c1-9(2)17-6-5-10-7-11(3-4-12(10)17)18-8-15-13(16-18)14(19)20/h3-9H,1-2H3,(H,19,20). The lowest BCUT2D eigenvalue weighted by Crippen LogP contribution is -2.02. The van der Waals surface area contributed by atoms with Gasteiger partial charge in [0.1, 0.15) is 6.33 Å². The maximum Gasteiger partial charge on any atom is 0.375 e. The molecule has 20 heavy (non-hydrogen) atoms. The van der Waals surface area contributed by atoms with Crippen molar-refractivity contribution in [1.82, 2.24) is 19.3 Å². The average Bonchev–Trinajstić information content (AvgIpc) is 3.04. The SMILES string of the molecule is CC(C)n1ccc2cc(-n3cnc(C(=O)O)n3)ccc21. The Morgan fingerprint density at radius 3 is 2.75 bits per heavy atom. The summed E-state index contributed by atoms with van der Waals surface area (Å²) in [5, 5.41) is 13.9. The number of carboxylic acids is 1. The molecule has 0 amide bonds. The van der Waals surface area contributed by atoms with Gasteiger partial charge in [0.05, 0.1) is 5.69 Å². The van der Waals surface area contributed by atoms with Crippen LogP contribution in [0.25, 0.3) is 16.6 Å². The Kier molecular flexibility index (Phi) is 2.78. The average molecular weight is 270 g/mol. The van der Waals surface area contributed by atoms with Crippen LogP contribution in [0.15, 0.2) is 36.8 Å². The number of hydrogen-bond acceptors (Lipinski definition) is 3. The normalized spacial score (nSPS) is 11.3. The molecule has 1 aromatic carbocycles. The minimum atomic E-state index is -1.13. The maximum absolute atomic E-state index is 10.8. The number of benzene rings is 1. The van der Waals surface area contributed by atoms with E-state index >= 15 is 0 Å². The van der Waals surface area contributed by atoms with Crippen molar-refractivity contribution in [2.24, 2.45) is 0 Å². The molecule has 0 unspecified atom stereocenters. The zero-order chi connectivity index (χ0) is 14.3. The molecule has 6 nitrogen and oxygen atoms in total. The number of rotatable bonds is 3. The van der Waals surface area contributed by atoms with Crippen LogP contribution >= 0.6 is 0 Å². The number of aromatic carboxylic acids is 1. The molecule has 0 saturated heterocycles. The van der Waals surface area contributed by atoms with Gasteiger partial charge in [-0.2, -0.15) is 0 Å². The molecule has 3 rings (SSSR count). The molecule has 0 radical (unpaired) electrons. The Labute approximate surface area is 115 Å². The van der Waals surface area contributed by atoms with Gasteiger partial charge in [-0.1, -0.05) is 0 Å². The molecule has 0 spiro atoms. The van der Waals surface area contributed by atoms with Crippen LogP contribution in [0, 0.1) is 0 Å². The Bertz CT molecular complexity index is 785. The third kappa shape index (κ3) is 1.95. The van der Waals surface area contributed by atoms with Crippen molar-refractivity contribution in [1.29, 1.82) is 0 Å². The highest BCUT2D eigenvalue weighted by Gasteiger charge is 2.11. The van der Waals surface area contributed by atoms with Crippen LogP contribution in [0.1, 0.15) is 30.5 Å². The van der Waals surface area contributed by atoms with Crippen LogP contribution in [0.4, 0.5) is 0 Å². The van der Waals surface area contributed by atoms with Gasteiger partial charge < -0.3 is 9.67 Å². The van der Waals surface area contributed by atoms with E-state index in [0.29, 0.717) is 6.04 Å². The lowest BCUT2D eigenvalue weighted by Gasteiger charge is -2.09. The monoisotopic (exact) mass is 270 g/mol. The molecule has 0 atom stereocenters. The van der Waals surface area contributed by atoms with E-state index < -0.39 is 5.97 Å². The molecule has 0 aliphatic heterocycles. The Hall–Kier alpha value is -2.63. The van der Waals surface area contributed by atoms with Gasteiger partial charge in [-0.25, -0.2) is 14.5 Å². The zero-order valence-corrected chi connectivity index (χ0v) is 11.2. The molecule has 6 heteroatoms. The molecule has 0 bridgehead atoms. The van der Waals surface area contributed by atoms with E-state index in [1.165, 1.54) is 11.0 Å². The van der Waals surface area contributed by atoms with Crippen molar-refractivity contribution in [3.05, 3.63) is 42.6 Å². The highest BCUT2D eigenvalue weighted by molar-refractivity contribution is 5.83. The first-order valence-electron chi connectivity index (χ1n) is 6.32. The fourth-order valence-electron chi connectivity index (χ4n) is 2.23. The summed E-state index contributed by atoms with van der Waals surface area (Å²) in [6, 6.07) is 8.31. The summed E-state index contributed by atoms with van der Waals surface area (Å²) in [6.45, 7) is 4.26. The summed E-state index contributed by atoms with van der Waals surface area (Å²) in [4.78, 5) is 14.5. The van der Waals surface area contributed by atoms with E-state index in [-0.39, 0.29) is 5.82 Å². The summed E-state index contributed by atoms with van der Waals surface area (Å²) in [5.41, 5.74) is 1.93. The maximum atomic E-state index is 10.8. The number of aromatic nitrogens is 4. The van der Waals surface area contributed by atoms with Crippen LogP contribution in [0.2, 0.25) is 0 Å². The number of nitrogens with zero attached hydrogens (tertiary/aromatic N) is 4. The third-order valence-corrected chi connectivity index (χ3v) is 3.21. The van der Waals surface area contributed by atoms with E-state index in [0.717, 1.165) is 16.6 Å². The Morgan fingerprint density at radius 1 is 1.30 bits per heavy atom.